The van der Waals surface area contributed by atoms with E-state index < -0.39 is 0 Å². The summed E-state index contributed by atoms with van der Waals surface area (Å²) in [5, 5.41) is 5.94. The van der Waals surface area contributed by atoms with Crippen molar-refractivity contribution in [3.8, 4) is 0 Å². The molecule has 0 aliphatic carbocycles. The maximum atomic E-state index is 11.9. The summed E-state index contributed by atoms with van der Waals surface area (Å²) in [5.74, 6) is 0.360. The van der Waals surface area contributed by atoms with Crippen molar-refractivity contribution >= 4 is 33.3 Å². The molecule has 1 aromatic heterocycles. The van der Waals surface area contributed by atoms with Gasteiger partial charge in [0.25, 0.3) is 5.91 Å². The Morgan fingerprint density at radius 1 is 1.23 bits per heavy atom. The van der Waals surface area contributed by atoms with E-state index in [2.05, 4.69) is 36.5 Å². The first-order valence-electron chi connectivity index (χ1n) is 6.83. The van der Waals surface area contributed by atoms with E-state index in [0.717, 1.165) is 16.7 Å². The van der Waals surface area contributed by atoms with Gasteiger partial charge in [0.15, 0.2) is 0 Å². The highest BCUT2D eigenvalue weighted by Gasteiger charge is 2.08. The Hall–Kier alpha value is -1.99. The van der Waals surface area contributed by atoms with Gasteiger partial charge >= 0.3 is 0 Å². The molecule has 0 aliphatic heterocycles. The second-order valence-corrected chi connectivity index (χ2v) is 5.81. The van der Waals surface area contributed by atoms with Gasteiger partial charge in [-0.05, 0) is 42.2 Å². The van der Waals surface area contributed by atoms with Crippen LogP contribution in [0.25, 0.3) is 0 Å². The molecule has 0 spiro atoms. The van der Waals surface area contributed by atoms with Gasteiger partial charge in [0.1, 0.15) is 11.5 Å². The molecule has 22 heavy (non-hydrogen) atoms. The number of hydrogen-bond donors (Lipinski definition) is 2. The summed E-state index contributed by atoms with van der Waals surface area (Å²) in [6.45, 7) is 1.35. The lowest BCUT2D eigenvalue weighted by atomic mass is 10.3. The molecule has 0 unspecified atom stereocenters. The third-order valence-electron chi connectivity index (χ3n) is 2.87. The first-order chi connectivity index (χ1) is 10.6. The number of hydrogen-bond acceptors (Lipinski definition) is 5. The monoisotopic (exact) mass is 363 g/mol. The Bertz CT molecular complexity index is 630. The van der Waals surface area contributed by atoms with Crippen LogP contribution in [0.2, 0.25) is 0 Å². The van der Waals surface area contributed by atoms with Crippen molar-refractivity contribution in [3.05, 3.63) is 46.8 Å². The fourth-order valence-electron chi connectivity index (χ4n) is 1.69. The van der Waals surface area contributed by atoms with Crippen molar-refractivity contribution in [1.82, 2.24) is 20.2 Å². The number of para-hydroxylation sites is 1. The molecule has 7 heteroatoms. The lowest BCUT2D eigenvalue weighted by Gasteiger charge is -2.10. The quantitative estimate of drug-likeness (QED) is 0.823. The van der Waals surface area contributed by atoms with Crippen molar-refractivity contribution in [2.75, 3.05) is 32.5 Å². The molecule has 0 aliphatic rings. The van der Waals surface area contributed by atoms with Crippen LogP contribution in [0.3, 0.4) is 0 Å². The average Bonchev–Trinajstić information content (AvgIpc) is 2.50. The average molecular weight is 364 g/mol. The van der Waals surface area contributed by atoms with Gasteiger partial charge in [-0.3, -0.25) is 4.79 Å². The number of benzene rings is 1. The molecule has 1 heterocycles. The minimum Gasteiger partial charge on any atom is -0.349 e. The zero-order valence-electron chi connectivity index (χ0n) is 12.5. The largest absolute Gasteiger partial charge is 0.349 e. The van der Waals surface area contributed by atoms with Crippen molar-refractivity contribution in [3.63, 3.8) is 0 Å². The Labute approximate surface area is 138 Å². The zero-order valence-corrected chi connectivity index (χ0v) is 14.1. The number of aromatic nitrogens is 2. The second-order valence-electron chi connectivity index (χ2n) is 4.95. The van der Waals surface area contributed by atoms with Crippen molar-refractivity contribution in [2.24, 2.45) is 0 Å². The molecule has 116 valence electrons. The van der Waals surface area contributed by atoms with Crippen molar-refractivity contribution in [2.45, 2.75) is 0 Å². The van der Waals surface area contributed by atoms with Gasteiger partial charge < -0.3 is 15.5 Å². The van der Waals surface area contributed by atoms with Crippen LogP contribution in [0.4, 0.5) is 11.5 Å². The predicted molar refractivity (Wildman–Crippen MR) is 90.3 cm³/mol. The summed E-state index contributed by atoms with van der Waals surface area (Å²) < 4.78 is 0.933. The van der Waals surface area contributed by atoms with E-state index in [1.807, 2.05) is 43.3 Å². The molecule has 0 saturated heterocycles. The molecule has 6 nitrogen and oxygen atoms in total. The van der Waals surface area contributed by atoms with Crippen LogP contribution in [0.15, 0.2) is 41.1 Å². The number of carbonyl (C=O) groups excluding carboxylic acids is 1. The molecule has 2 N–H and O–H groups in total. The number of amides is 1. The lowest BCUT2D eigenvalue weighted by molar-refractivity contribution is 0.0945. The van der Waals surface area contributed by atoms with Gasteiger partial charge in [-0.25, -0.2) is 9.97 Å². The standard InChI is InChI=1S/C15H18BrN5O/c1-21(2)8-7-17-15(22)13-9-19-14(10-18-13)20-12-6-4-3-5-11(12)16/h3-6,9-10H,7-8H2,1-2H3,(H,17,22)(H,19,20). The van der Waals surface area contributed by atoms with Gasteiger partial charge in [-0.2, -0.15) is 0 Å². The SMILES string of the molecule is CN(C)CCNC(=O)c1cnc(Nc2ccccc2Br)cn1. The highest BCUT2D eigenvalue weighted by atomic mass is 79.9. The van der Waals surface area contributed by atoms with Crippen LogP contribution in [0, 0.1) is 0 Å². The minimum absolute atomic E-state index is 0.221. The van der Waals surface area contributed by atoms with Crippen LogP contribution >= 0.6 is 15.9 Å². The van der Waals surface area contributed by atoms with E-state index >= 15 is 0 Å². The lowest BCUT2D eigenvalue weighted by Crippen LogP contribution is -2.31. The first kappa shape index (κ1) is 16.4. The van der Waals surface area contributed by atoms with E-state index in [9.17, 15) is 4.79 Å². The normalized spacial score (nSPS) is 10.5. The number of carbonyl (C=O) groups is 1. The van der Waals surface area contributed by atoms with Crippen LogP contribution in [-0.4, -0.2) is 48.0 Å². The van der Waals surface area contributed by atoms with E-state index in [0.29, 0.717) is 18.1 Å². The number of nitrogens with one attached hydrogen (secondary N) is 2. The molecular weight excluding hydrogens is 346 g/mol. The molecule has 2 aromatic rings. The molecular formula is C15H18BrN5O. The van der Waals surface area contributed by atoms with E-state index in [1.54, 1.807) is 6.20 Å². The van der Waals surface area contributed by atoms with Gasteiger partial charge in [0.2, 0.25) is 0 Å². The number of nitrogens with zero attached hydrogens (tertiary/aromatic N) is 3. The fraction of sp³-hybridized carbons (Fsp3) is 0.267. The third-order valence-corrected chi connectivity index (χ3v) is 3.56. The number of anilines is 2. The maximum Gasteiger partial charge on any atom is 0.271 e. The second kappa shape index (κ2) is 7.86. The summed E-state index contributed by atoms with van der Waals surface area (Å²) >= 11 is 3.45. The van der Waals surface area contributed by atoms with E-state index in [1.165, 1.54) is 6.20 Å². The molecule has 2 rings (SSSR count). The smallest absolute Gasteiger partial charge is 0.271 e. The number of rotatable bonds is 6. The molecule has 0 atom stereocenters. The summed E-state index contributed by atoms with van der Waals surface area (Å²) in [5.41, 5.74) is 1.19. The van der Waals surface area contributed by atoms with Gasteiger partial charge in [-0.1, -0.05) is 12.1 Å². The van der Waals surface area contributed by atoms with Gasteiger partial charge in [0, 0.05) is 17.6 Å². The van der Waals surface area contributed by atoms with Crippen molar-refractivity contribution in [1.29, 1.82) is 0 Å². The molecule has 0 saturated carbocycles. The Kier molecular flexibility index (Phi) is 5.85. The van der Waals surface area contributed by atoms with Crippen LogP contribution in [-0.2, 0) is 0 Å². The Morgan fingerprint density at radius 3 is 2.64 bits per heavy atom. The maximum absolute atomic E-state index is 11.9. The Morgan fingerprint density at radius 2 is 2.00 bits per heavy atom. The molecule has 0 bridgehead atoms. The van der Waals surface area contributed by atoms with Crippen molar-refractivity contribution < 1.29 is 4.79 Å². The molecule has 0 radical (unpaired) electrons. The first-order valence-corrected chi connectivity index (χ1v) is 7.62. The molecule has 1 amide bonds. The van der Waals surface area contributed by atoms with Crippen LogP contribution in [0.5, 0.6) is 0 Å². The molecule has 1 aromatic carbocycles. The predicted octanol–water partition coefficient (Wildman–Crippen LogP) is 2.27. The summed E-state index contributed by atoms with van der Waals surface area (Å²) in [7, 11) is 3.91. The number of likely N-dealkylation sites (N-methyl/N-ethyl adjacent to an activating group) is 1. The Balaban J connectivity index is 1.95. The number of halogens is 1. The summed E-state index contributed by atoms with van der Waals surface area (Å²) in [6, 6.07) is 7.71. The fourth-order valence-corrected chi connectivity index (χ4v) is 2.08. The topological polar surface area (TPSA) is 70.2 Å². The highest BCUT2D eigenvalue weighted by molar-refractivity contribution is 9.10. The van der Waals surface area contributed by atoms with Crippen LogP contribution in [0.1, 0.15) is 10.5 Å². The zero-order chi connectivity index (χ0) is 15.9. The summed E-state index contributed by atoms with van der Waals surface area (Å²) in [4.78, 5) is 22.2. The van der Waals surface area contributed by atoms with E-state index in [4.69, 9.17) is 0 Å². The van der Waals surface area contributed by atoms with Gasteiger partial charge in [-0.15, -0.1) is 0 Å². The third kappa shape index (κ3) is 4.78. The van der Waals surface area contributed by atoms with Crippen LogP contribution < -0.4 is 10.6 Å². The molecule has 0 fully saturated rings. The van der Waals surface area contributed by atoms with Gasteiger partial charge in [0.05, 0.1) is 18.1 Å². The van der Waals surface area contributed by atoms with E-state index in [-0.39, 0.29) is 5.91 Å². The summed E-state index contributed by atoms with van der Waals surface area (Å²) in [6.07, 6.45) is 3.00. The highest BCUT2D eigenvalue weighted by Crippen LogP contribution is 2.23. The minimum atomic E-state index is -0.221.